The second-order valence-electron chi connectivity index (χ2n) is 4.45. The second-order valence-corrected chi connectivity index (χ2v) is 4.86. The number of furan rings is 1. The van der Waals surface area contributed by atoms with Gasteiger partial charge in [0.2, 0.25) is 0 Å². The third-order valence-electron chi connectivity index (χ3n) is 2.88. The minimum atomic E-state index is -0.544. The monoisotopic (exact) mass is 316 g/mol. The maximum atomic E-state index is 12.1. The summed E-state index contributed by atoms with van der Waals surface area (Å²) in [5.41, 5.74) is 1.32. The highest BCUT2D eigenvalue weighted by Crippen LogP contribution is 2.21. The van der Waals surface area contributed by atoms with Crippen molar-refractivity contribution in [1.82, 2.24) is 0 Å². The Morgan fingerprint density at radius 1 is 1.41 bits per heavy atom. The highest BCUT2D eigenvalue weighted by molar-refractivity contribution is 6.31. The Morgan fingerprint density at radius 3 is 2.77 bits per heavy atom. The lowest BCUT2D eigenvalue weighted by atomic mass is 10.2. The molecular weight excluding hydrogens is 304 g/mol. The molecule has 2 aromatic rings. The zero-order valence-corrected chi connectivity index (χ0v) is 12.8. The summed E-state index contributed by atoms with van der Waals surface area (Å²) in [6.07, 6.45) is 1.34. The Balaban J connectivity index is 2.18. The SMILES string of the molecule is COc1ccc(/C=C(\C#N)C(=O)Nc2ccc(C)c(Cl)c2)o1. The number of hydrogen-bond donors (Lipinski definition) is 1. The summed E-state index contributed by atoms with van der Waals surface area (Å²) in [6, 6.07) is 10.2. The first kappa shape index (κ1) is 15.7. The molecule has 0 aliphatic heterocycles. The van der Waals surface area contributed by atoms with E-state index in [1.807, 2.05) is 13.0 Å². The molecule has 0 aliphatic carbocycles. The van der Waals surface area contributed by atoms with Crippen LogP contribution < -0.4 is 10.1 Å². The predicted octanol–water partition coefficient (Wildman–Crippen LogP) is 3.80. The van der Waals surface area contributed by atoms with Gasteiger partial charge in [-0.05, 0) is 30.7 Å². The van der Waals surface area contributed by atoms with Gasteiger partial charge >= 0.3 is 0 Å². The van der Waals surface area contributed by atoms with Gasteiger partial charge in [-0.1, -0.05) is 17.7 Å². The summed E-state index contributed by atoms with van der Waals surface area (Å²) >= 11 is 6.00. The number of aryl methyl sites for hydroxylation is 1. The minimum Gasteiger partial charge on any atom is -0.468 e. The number of benzene rings is 1. The molecule has 0 fully saturated rings. The molecular formula is C16H13ClN2O3. The average molecular weight is 317 g/mol. The van der Waals surface area contributed by atoms with E-state index in [1.165, 1.54) is 13.2 Å². The zero-order chi connectivity index (χ0) is 16.1. The molecule has 1 heterocycles. The van der Waals surface area contributed by atoms with Gasteiger partial charge in [-0.2, -0.15) is 5.26 Å². The van der Waals surface area contributed by atoms with Crippen LogP contribution in [0.3, 0.4) is 0 Å². The fraction of sp³-hybridized carbons (Fsp3) is 0.125. The fourth-order valence-electron chi connectivity index (χ4n) is 1.68. The van der Waals surface area contributed by atoms with Gasteiger partial charge in [-0.3, -0.25) is 4.79 Å². The van der Waals surface area contributed by atoms with Crippen LogP contribution in [-0.4, -0.2) is 13.0 Å². The van der Waals surface area contributed by atoms with Crippen LogP contribution in [0, 0.1) is 18.3 Å². The van der Waals surface area contributed by atoms with E-state index in [2.05, 4.69) is 5.32 Å². The number of methoxy groups -OCH3 is 1. The van der Waals surface area contributed by atoms with Gasteiger partial charge in [-0.25, -0.2) is 0 Å². The Morgan fingerprint density at radius 2 is 2.18 bits per heavy atom. The number of halogens is 1. The summed E-state index contributed by atoms with van der Waals surface area (Å²) in [5, 5.41) is 12.3. The van der Waals surface area contributed by atoms with Gasteiger partial charge in [0, 0.05) is 22.9 Å². The fourth-order valence-corrected chi connectivity index (χ4v) is 1.86. The van der Waals surface area contributed by atoms with Crippen molar-refractivity contribution in [2.75, 3.05) is 12.4 Å². The van der Waals surface area contributed by atoms with E-state index in [-0.39, 0.29) is 5.57 Å². The van der Waals surface area contributed by atoms with E-state index in [1.54, 1.807) is 30.3 Å². The Hall–Kier alpha value is -2.71. The molecule has 112 valence electrons. The van der Waals surface area contributed by atoms with Crippen LogP contribution in [0.5, 0.6) is 5.95 Å². The minimum absolute atomic E-state index is 0.0892. The quantitative estimate of drug-likeness (QED) is 0.687. The van der Waals surface area contributed by atoms with E-state index in [9.17, 15) is 4.79 Å². The van der Waals surface area contributed by atoms with E-state index in [0.717, 1.165) is 5.56 Å². The number of carbonyl (C=O) groups excluding carboxylic acids is 1. The van der Waals surface area contributed by atoms with E-state index >= 15 is 0 Å². The average Bonchev–Trinajstić information content (AvgIpc) is 2.96. The van der Waals surface area contributed by atoms with Crippen molar-refractivity contribution in [1.29, 1.82) is 5.26 Å². The molecule has 22 heavy (non-hydrogen) atoms. The topological polar surface area (TPSA) is 75.3 Å². The van der Waals surface area contributed by atoms with Gasteiger partial charge in [0.05, 0.1) is 7.11 Å². The normalized spacial score (nSPS) is 10.9. The Labute approximate surface area is 132 Å². The molecule has 6 heteroatoms. The van der Waals surface area contributed by atoms with Gasteiger partial charge in [0.15, 0.2) is 0 Å². The van der Waals surface area contributed by atoms with Crippen LogP contribution in [0.2, 0.25) is 5.02 Å². The molecule has 1 N–H and O–H groups in total. The van der Waals surface area contributed by atoms with Crippen LogP contribution in [0.15, 0.2) is 40.3 Å². The maximum Gasteiger partial charge on any atom is 0.284 e. The summed E-state index contributed by atoms with van der Waals surface area (Å²) in [7, 11) is 1.46. The number of nitriles is 1. The van der Waals surface area contributed by atoms with Crippen LogP contribution >= 0.6 is 11.6 Å². The lowest BCUT2D eigenvalue weighted by molar-refractivity contribution is -0.112. The lowest BCUT2D eigenvalue weighted by Gasteiger charge is -2.05. The molecule has 0 bridgehead atoms. The van der Waals surface area contributed by atoms with Crippen molar-refractivity contribution in [2.24, 2.45) is 0 Å². The summed E-state index contributed by atoms with van der Waals surface area (Å²) in [6.45, 7) is 1.86. The highest BCUT2D eigenvalue weighted by atomic mass is 35.5. The Bertz CT molecular complexity index is 772. The number of ether oxygens (including phenoxy) is 1. The van der Waals surface area contributed by atoms with E-state index < -0.39 is 5.91 Å². The molecule has 0 unspecified atom stereocenters. The number of anilines is 1. The first-order valence-corrected chi connectivity index (χ1v) is 6.74. The number of carbonyl (C=O) groups is 1. The Kier molecular flexibility index (Phi) is 4.87. The predicted molar refractivity (Wildman–Crippen MR) is 83.7 cm³/mol. The van der Waals surface area contributed by atoms with Crippen LogP contribution in [0.1, 0.15) is 11.3 Å². The summed E-state index contributed by atoms with van der Waals surface area (Å²) in [4.78, 5) is 12.1. The van der Waals surface area contributed by atoms with Crippen molar-refractivity contribution in [3.05, 3.63) is 52.3 Å². The molecule has 0 saturated heterocycles. The standard InChI is InChI=1S/C16H13ClN2O3/c1-10-3-4-12(8-14(10)17)19-16(20)11(9-18)7-13-5-6-15(21-2)22-13/h3-8H,1-2H3,(H,19,20)/b11-7+. The molecule has 1 amide bonds. The van der Waals surface area contributed by atoms with Crippen molar-refractivity contribution < 1.29 is 13.9 Å². The molecule has 0 spiro atoms. The van der Waals surface area contributed by atoms with Crippen LogP contribution in [-0.2, 0) is 4.79 Å². The van der Waals surface area contributed by atoms with Crippen molar-refractivity contribution in [3.8, 4) is 12.0 Å². The molecule has 0 atom stereocenters. The zero-order valence-electron chi connectivity index (χ0n) is 12.0. The largest absolute Gasteiger partial charge is 0.468 e. The third-order valence-corrected chi connectivity index (χ3v) is 3.29. The molecule has 1 aromatic heterocycles. The lowest BCUT2D eigenvalue weighted by Crippen LogP contribution is -2.13. The van der Waals surface area contributed by atoms with Crippen molar-refractivity contribution in [3.63, 3.8) is 0 Å². The molecule has 1 aromatic carbocycles. The number of hydrogen-bond acceptors (Lipinski definition) is 4. The number of nitrogens with one attached hydrogen (secondary N) is 1. The van der Waals surface area contributed by atoms with Crippen molar-refractivity contribution in [2.45, 2.75) is 6.92 Å². The number of rotatable bonds is 4. The number of amides is 1. The molecule has 5 nitrogen and oxygen atoms in total. The van der Waals surface area contributed by atoms with E-state index in [0.29, 0.717) is 22.4 Å². The smallest absolute Gasteiger partial charge is 0.284 e. The van der Waals surface area contributed by atoms with Crippen molar-refractivity contribution >= 4 is 29.3 Å². The first-order valence-electron chi connectivity index (χ1n) is 6.36. The molecule has 0 saturated carbocycles. The summed E-state index contributed by atoms with van der Waals surface area (Å²) < 4.78 is 10.1. The van der Waals surface area contributed by atoms with Crippen LogP contribution in [0.25, 0.3) is 6.08 Å². The maximum absolute atomic E-state index is 12.1. The number of nitrogens with zero attached hydrogens (tertiary/aromatic N) is 1. The third kappa shape index (κ3) is 3.68. The van der Waals surface area contributed by atoms with Gasteiger partial charge in [0.1, 0.15) is 17.4 Å². The molecule has 2 rings (SSSR count). The molecule has 0 aliphatic rings. The highest BCUT2D eigenvalue weighted by Gasteiger charge is 2.11. The summed E-state index contributed by atoms with van der Waals surface area (Å²) in [5.74, 6) is 0.109. The second kappa shape index (κ2) is 6.83. The van der Waals surface area contributed by atoms with Gasteiger partial charge < -0.3 is 14.5 Å². The van der Waals surface area contributed by atoms with Gasteiger partial charge in [0.25, 0.3) is 11.9 Å². The van der Waals surface area contributed by atoms with Gasteiger partial charge in [-0.15, -0.1) is 0 Å². The van der Waals surface area contributed by atoms with Crippen LogP contribution in [0.4, 0.5) is 5.69 Å². The molecule has 0 radical (unpaired) electrons. The first-order chi connectivity index (χ1) is 10.5. The van der Waals surface area contributed by atoms with E-state index in [4.69, 9.17) is 26.0 Å².